The van der Waals surface area contributed by atoms with Crippen molar-refractivity contribution in [2.45, 2.75) is 83.8 Å². The summed E-state index contributed by atoms with van der Waals surface area (Å²) in [5.74, 6) is 2.93. The summed E-state index contributed by atoms with van der Waals surface area (Å²) in [5, 5.41) is 17.0. The highest BCUT2D eigenvalue weighted by molar-refractivity contribution is 5.96. The second kappa shape index (κ2) is 14.1. The van der Waals surface area contributed by atoms with Gasteiger partial charge >= 0.3 is 0 Å². The molecule has 2 amide bonds. The number of nitrogens with one attached hydrogen (secondary N) is 2. The van der Waals surface area contributed by atoms with Gasteiger partial charge in [0, 0.05) is 38.3 Å². The van der Waals surface area contributed by atoms with Crippen LogP contribution in [0.3, 0.4) is 0 Å². The number of methoxy groups -OCH3 is 1. The Morgan fingerprint density at radius 1 is 1.00 bits per heavy atom. The van der Waals surface area contributed by atoms with E-state index in [1.165, 1.54) is 19.3 Å². The van der Waals surface area contributed by atoms with Crippen LogP contribution in [0, 0.1) is 35.0 Å². The lowest BCUT2D eigenvalue weighted by Crippen LogP contribution is -2.55. The van der Waals surface area contributed by atoms with Crippen LogP contribution in [0.4, 0.5) is 0 Å². The predicted octanol–water partition coefficient (Wildman–Crippen LogP) is 3.90. The Hall–Kier alpha value is -2.16. The number of unbranched alkanes of at least 4 members (excludes halogenated alkanes) is 1. The Morgan fingerprint density at radius 3 is 2.25 bits per heavy atom. The van der Waals surface area contributed by atoms with Crippen molar-refractivity contribution < 1.29 is 24.2 Å². The van der Waals surface area contributed by atoms with E-state index in [1.54, 1.807) is 13.2 Å². The summed E-state index contributed by atoms with van der Waals surface area (Å²) >= 11 is 0. The number of hydrogen-bond donors (Lipinski definition) is 4. The predicted molar refractivity (Wildman–Crippen MR) is 156 cm³/mol. The normalized spacial score (nSPS) is 27.3. The van der Waals surface area contributed by atoms with Gasteiger partial charge in [0.2, 0.25) is 5.91 Å². The van der Waals surface area contributed by atoms with Crippen molar-refractivity contribution in [2.75, 3.05) is 33.4 Å². The topological polar surface area (TPSA) is 123 Å². The van der Waals surface area contributed by atoms with Crippen LogP contribution in [0.1, 0.15) is 82.0 Å². The Morgan fingerprint density at radius 2 is 1.62 bits per heavy atom. The van der Waals surface area contributed by atoms with Crippen molar-refractivity contribution >= 4 is 11.8 Å². The monoisotopic (exact) mass is 557 g/mol. The zero-order valence-corrected chi connectivity index (χ0v) is 24.7. The number of amides is 2. The Labute approximate surface area is 240 Å². The lowest BCUT2D eigenvalue weighted by molar-refractivity contribution is -0.146. The Balaban J connectivity index is 1.24. The number of aliphatic hydroxyl groups excluding tert-OH is 1. The molecule has 4 bridgehead atoms. The summed E-state index contributed by atoms with van der Waals surface area (Å²) in [7, 11) is 1.68. The van der Waals surface area contributed by atoms with Gasteiger partial charge in [-0.05, 0) is 99.5 Å². The molecule has 1 aromatic carbocycles. The SMILES string of the molecule is COCCCCOc1ccccc1C(=O)NC[C@@H](C[C@H](N)[C@@H](O)CNC(=O)C12CC3CC(CC(C3)C1)C2)C(C)C. The van der Waals surface area contributed by atoms with Crippen LogP contribution >= 0.6 is 0 Å². The second-order valence-corrected chi connectivity index (χ2v) is 13.1. The van der Waals surface area contributed by atoms with Crippen molar-refractivity contribution in [3.05, 3.63) is 29.8 Å². The molecule has 8 heteroatoms. The Bertz CT molecular complexity index is 948. The van der Waals surface area contributed by atoms with Crippen LogP contribution in [-0.4, -0.2) is 62.5 Å². The molecule has 5 rings (SSSR count). The smallest absolute Gasteiger partial charge is 0.255 e. The van der Waals surface area contributed by atoms with Crippen LogP contribution in [0.25, 0.3) is 0 Å². The minimum absolute atomic E-state index is 0.0783. The molecule has 224 valence electrons. The maximum atomic E-state index is 13.3. The van der Waals surface area contributed by atoms with Crippen molar-refractivity contribution in [3.8, 4) is 5.75 Å². The summed E-state index contributed by atoms with van der Waals surface area (Å²) in [6, 6.07) is 6.78. The minimum atomic E-state index is -0.831. The summed E-state index contributed by atoms with van der Waals surface area (Å²) in [6.45, 7) is 6.03. The molecule has 1 aromatic rings. The third-order valence-corrected chi connectivity index (χ3v) is 9.66. The fourth-order valence-corrected chi connectivity index (χ4v) is 7.65. The highest BCUT2D eigenvalue weighted by Crippen LogP contribution is 2.60. The molecule has 3 atom stereocenters. The highest BCUT2D eigenvalue weighted by Gasteiger charge is 2.54. The van der Waals surface area contributed by atoms with Gasteiger partial charge < -0.3 is 30.9 Å². The van der Waals surface area contributed by atoms with E-state index in [1.807, 2.05) is 18.2 Å². The van der Waals surface area contributed by atoms with Crippen molar-refractivity contribution in [3.63, 3.8) is 0 Å². The van der Waals surface area contributed by atoms with Crippen molar-refractivity contribution in [1.29, 1.82) is 0 Å². The molecule has 4 fully saturated rings. The number of hydrogen-bond acceptors (Lipinski definition) is 6. The van der Waals surface area contributed by atoms with E-state index >= 15 is 0 Å². The van der Waals surface area contributed by atoms with E-state index in [9.17, 15) is 14.7 Å². The first-order valence-electron chi connectivity index (χ1n) is 15.4. The summed E-state index contributed by atoms with van der Waals surface area (Å²) < 4.78 is 11.0. The molecule has 0 saturated heterocycles. The molecule has 40 heavy (non-hydrogen) atoms. The largest absolute Gasteiger partial charge is 0.493 e. The third-order valence-electron chi connectivity index (χ3n) is 9.66. The second-order valence-electron chi connectivity index (χ2n) is 13.1. The van der Waals surface area contributed by atoms with Gasteiger partial charge in [0.25, 0.3) is 5.91 Å². The molecular weight excluding hydrogens is 506 g/mol. The highest BCUT2D eigenvalue weighted by atomic mass is 16.5. The third kappa shape index (κ3) is 7.77. The number of rotatable bonds is 16. The van der Waals surface area contributed by atoms with E-state index in [-0.39, 0.29) is 35.6 Å². The lowest BCUT2D eigenvalue weighted by Gasteiger charge is -2.55. The van der Waals surface area contributed by atoms with E-state index in [2.05, 4.69) is 24.5 Å². The minimum Gasteiger partial charge on any atom is -0.493 e. The lowest BCUT2D eigenvalue weighted by atomic mass is 9.49. The first kappa shape index (κ1) is 30.8. The van der Waals surface area contributed by atoms with Crippen molar-refractivity contribution in [2.24, 2.45) is 40.7 Å². The summed E-state index contributed by atoms with van der Waals surface area (Å²) in [4.78, 5) is 26.3. The van der Waals surface area contributed by atoms with Gasteiger partial charge in [-0.25, -0.2) is 0 Å². The van der Waals surface area contributed by atoms with E-state index in [0.717, 1.165) is 32.1 Å². The summed E-state index contributed by atoms with van der Waals surface area (Å²) in [6.07, 6.45) is 8.35. The average Bonchev–Trinajstić information content (AvgIpc) is 2.92. The maximum absolute atomic E-state index is 13.3. The van der Waals surface area contributed by atoms with Crippen LogP contribution in [0.5, 0.6) is 5.75 Å². The molecule has 0 radical (unpaired) electrons. The zero-order chi connectivity index (χ0) is 28.7. The van der Waals surface area contributed by atoms with Gasteiger partial charge in [-0.1, -0.05) is 26.0 Å². The first-order chi connectivity index (χ1) is 19.2. The van der Waals surface area contributed by atoms with E-state index in [4.69, 9.17) is 15.2 Å². The molecule has 0 aromatic heterocycles. The molecule has 4 aliphatic carbocycles. The first-order valence-corrected chi connectivity index (χ1v) is 15.4. The molecule has 4 aliphatic rings. The van der Waals surface area contributed by atoms with Crippen molar-refractivity contribution in [1.82, 2.24) is 10.6 Å². The van der Waals surface area contributed by atoms with Gasteiger partial charge in [0.15, 0.2) is 0 Å². The molecule has 0 aliphatic heterocycles. The average molecular weight is 558 g/mol. The number of ether oxygens (including phenoxy) is 2. The standard InChI is InChI=1S/C32H51N3O5/c1-21(2)25(19-34-30(37)26-8-4-5-9-29(26)40-11-7-6-10-39-3)15-27(33)28(36)20-35-31(38)32-16-22-12-23(17-32)14-24(13-22)18-32/h4-5,8-9,21-25,27-28,36H,6-7,10-20,33H2,1-3H3,(H,34,37)(H,35,38)/t22?,23?,24?,25-,27+,28+,32?/m1/s1. The van der Waals surface area contributed by atoms with Gasteiger partial charge in [0.1, 0.15) is 5.75 Å². The van der Waals surface area contributed by atoms with Gasteiger partial charge in [-0.3, -0.25) is 9.59 Å². The quantitative estimate of drug-likeness (QED) is 0.229. The van der Waals surface area contributed by atoms with Crippen LogP contribution in [-0.2, 0) is 9.53 Å². The molecule has 0 unspecified atom stereocenters. The number of benzene rings is 1. The van der Waals surface area contributed by atoms with Crippen LogP contribution < -0.4 is 21.1 Å². The van der Waals surface area contributed by atoms with Crippen LogP contribution in [0.2, 0.25) is 0 Å². The zero-order valence-electron chi connectivity index (χ0n) is 24.7. The molecule has 0 spiro atoms. The van der Waals surface area contributed by atoms with E-state index < -0.39 is 12.1 Å². The molecular formula is C32H51N3O5. The molecule has 5 N–H and O–H groups in total. The number of nitrogens with two attached hydrogens (primary N) is 1. The molecule has 4 saturated carbocycles. The number of carbonyl (C=O) groups excluding carboxylic acids is 2. The molecule has 8 nitrogen and oxygen atoms in total. The number of aliphatic hydroxyl groups is 1. The van der Waals surface area contributed by atoms with Gasteiger partial charge in [-0.2, -0.15) is 0 Å². The van der Waals surface area contributed by atoms with E-state index in [0.29, 0.717) is 55.2 Å². The van der Waals surface area contributed by atoms with Gasteiger partial charge in [-0.15, -0.1) is 0 Å². The van der Waals surface area contributed by atoms with Gasteiger partial charge in [0.05, 0.1) is 18.3 Å². The Kier molecular flexibility index (Phi) is 10.9. The summed E-state index contributed by atoms with van der Waals surface area (Å²) in [5.41, 5.74) is 6.72. The molecule has 0 heterocycles. The number of carbonyl (C=O) groups is 2. The maximum Gasteiger partial charge on any atom is 0.255 e. The number of para-hydroxylation sites is 1. The fourth-order valence-electron chi connectivity index (χ4n) is 7.65. The van der Waals surface area contributed by atoms with Crippen LogP contribution in [0.15, 0.2) is 24.3 Å². The fraction of sp³-hybridized carbons (Fsp3) is 0.750.